The van der Waals surface area contributed by atoms with E-state index < -0.39 is 25.2 Å². The first kappa shape index (κ1) is 31.8. The molecule has 0 aromatic heterocycles. The quantitative estimate of drug-likeness (QED) is 0.204. The molecule has 9 heteroatoms. The van der Waals surface area contributed by atoms with Crippen LogP contribution in [0.15, 0.2) is 84.9 Å². The third-order valence-corrected chi connectivity index (χ3v) is 8.72. The highest BCUT2D eigenvalue weighted by molar-refractivity contribution is 7.58. The Morgan fingerprint density at radius 3 is 2.02 bits per heavy atom. The molecule has 3 N–H and O–H groups in total. The molecule has 0 radical (unpaired) electrons. The van der Waals surface area contributed by atoms with E-state index in [1.807, 2.05) is 26.0 Å². The SMILES string of the molecule is CCCN(CCC)C(=O)c1cccc(C(=O)N[C@H](CP(=O)(O)CC(C)C(=O)Nc2ccccc2)c2ccccc2)c1. The maximum absolute atomic E-state index is 13.4. The predicted octanol–water partition coefficient (Wildman–Crippen LogP) is 5.97. The van der Waals surface area contributed by atoms with Crippen LogP contribution in [-0.2, 0) is 9.36 Å². The number of hydrogen-bond donors (Lipinski definition) is 3. The molecular weight excluding hydrogens is 537 g/mol. The van der Waals surface area contributed by atoms with Crippen LogP contribution in [-0.4, -0.2) is 52.9 Å². The fraction of sp³-hybridized carbons (Fsp3) is 0.344. The Kier molecular flexibility index (Phi) is 11.9. The van der Waals surface area contributed by atoms with E-state index in [9.17, 15) is 23.8 Å². The van der Waals surface area contributed by atoms with Gasteiger partial charge >= 0.3 is 0 Å². The van der Waals surface area contributed by atoms with E-state index in [1.165, 1.54) is 0 Å². The Morgan fingerprint density at radius 2 is 1.41 bits per heavy atom. The summed E-state index contributed by atoms with van der Waals surface area (Å²) in [5.74, 6) is -1.67. The lowest BCUT2D eigenvalue weighted by atomic mass is 10.1. The van der Waals surface area contributed by atoms with Crippen LogP contribution >= 0.6 is 7.37 Å². The van der Waals surface area contributed by atoms with Crippen molar-refractivity contribution in [2.75, 3.05) is 30.7 Å². The van der Waals surface area contributed by atoms with Gasteiger partial charge in [-0.25, -0.2) is 0 Å². The number of carbonyl (C=O) groups excluding carboxylic acids is 3. The summed E-state index contributed by atoms with van der Waals surface area (Å²) in [6, 6.07) is 23.7. The van der Waals surface area contributed by atoms with E-state index in [2.05, 4.69) is 10.6 Å². The smallest absolute Gasteiger partial charge is 0.253 e. The topological polar surface area (TPSA) is 116 Å². The highest BCUT2D eigenvalue weighted by Crippen LogP contribution is 2.46. The van der Waals surface area contributed by atoms with Gasteiger partial charge in [0, 0.05) is 48.1 Å². The van der Waals surface area contributed by atoms with Crippen molar-refractivity contribution >= 4 is 30.8 Å². The molecular formula is C32H40N3O5P. The number of nitrogens with zero attached hydrogens (tertiary/aromatic N) is 1. The number of amides is 3. The molecule has 0 aliphatic heterocycles. The number of para-hydroxylation sites is 1. The van der Waals surface area contributed by atoms with Crippen LogP contribution in [0, 0.1) is 5.92 Å². The van der Waals surface area contributed by atoms with Crippen molar-refractivity contribution in [3.05, 3.63) is 102 Å². The lowest BCUT2D eigenvalue weighted by Crippen LogP contribution is -2.33. The Labute approximate surface area is 242 Å². The van der Waals surface area contributed by atoms with Crippen molar-refractivity contribution in [3.8, 4) is 0 Å². The van der Waals surface area contributed by atoms with Gasteiger partial charge in [-0.2, -0.15) is 0 Å². The Morgan fingerprint density at radius 1 is 0.829 bits per heavy atom. The second-order valence-electron chi connectivity index (χ2n) is 10.3. The second kappa shape index (κ2) is 15.3. The van der Waals surface area contributed by atoms with Crippen LogP contribution in [0.25, 0.3) is 0 Å². The molecule has 218 valence electrons. The van der Waals surface area contributed by atoms with E-state index in [0.29, 0.717) is 29.9 Å². The monoisotopic (exact) mass is 577 g/mol. The molecule has 8 nitrogen and oxygen atoms in total. The molecule has 0 aliphatic carbocycles. The van der Waals surface area contributed by atoms with E-state index in [4.69, 9.17) is 0 Å². The van der Waals surface area contributed by atoms with Crippen molar-refractivity contribution in [2.45, 2.75) is 39.7 Å². The maximum Gasteiger partial charge on any atom is 0.253 e. The van der Waals surface area contributed by atoms with Gasteiger partial charge in [0.15, 0.2) is 0 Å². The first-order valence-electron chi connectivity index (χ1n) is 14.1. The van der Waals surface area contributed by atoms with Crippen LogP contribution in [0.2, 0.25) is 0 Å². The Bertz CT molecular complexity index is 1340. The summed E-state index contributed by atoms with van der Waals surface area (Å²) in [4.78, 5) is 51.9. The fourth-order valence-corrected chi connectivity index (χ4v) is 6.69. The molecule has 0 aliphatic rings. The number of hydrogen-bond acceptors (Lipinski definition) is 4. The van der Waals surface area contributed by atoms with Crippen LogP contribution < -0.4 is 10.6 Å². The Hall–Kier alpha value is -3.74. The number of carbonyl (C=O) groups is 3. The molecule has 0 saturated heterocycles. The summed E-state index contributed by atoms with van der Waals surface area (Å²) in [7, 11) is -3.87. The highest BCUT2D eigenvalue weighted by Gasteiger charge is 2.31. The largest absolute Gasteiger partial charge is 0.345 e. The molecule has 41 heavy (non-hydrogen) atoms. The van der Waals surface area contributed by atoms with E-state index in [-0.39, 0.29) is 29.7 Å². The summed E-state index contributed by atoms with van der Waals surface area (Å²) in [5, 5.41) is 5.67. The molecule has 0 fully saturated rings. The third kappa shape index (κ3) is 9.69. The second-order valence-corrected chi connectivity index (χ2v) is 12.7. The highest BCUT2D eigenvalue weighted by atomic mass is 31.2. The minimum absolute atomic E-state index is 0.134. The average Bonchev–Trinajstić information content (AvgIpc) is 2.97. The Balaban J connectivity index is 1.75. The predicted molar refractivity (Wildman–Crippen MR) is 163 cm³/mol. The summed E-state index contributed by atoms with van der Waals surface area (Å²) in [5.41, 5.74) is 1.98. The standard InChI is InChI=1S/C32H40N3O5P/c1-4-19-35(20-5-2)32(38)27-16-12-15-26(21-27)31(37)34-29(25-13-8-6-9-14-25)23-41(39,40)22-24(3)30(36)33-28-17-10-7-11-18-28/h6-18,21,24,29H,4-5,19-20,22-23H2,1-3H3,(H,33,36)(H,34,37)(H,39,40)/t24?,29-/m1/s1. The molecule has 2 unspecified atom stereocenters. The molecule has 0 spiro atoms. The fourth-order valence-electron chi connectivity index (χ4n) is 4.65. The number of anilines is 1. The molecule has 0 heterocycles. The van der Waals surface area contributed by atoms with Gasteiger partial charge in [-0.15, -0.1) is 0 Å². The summed E-state index contributed by atoms with van der Waals surface area (Å²) in [6.07, 6.45) is 1.18. The minimum Gasteiger partial charge on any atom is -0.345 e. The number of rotatable bonds is 14. The first-order chi connectivity index (χ1) is 19.6. The third-order valence-electron chi connectivity index (χ3n) is 6.67. The summed E-state index contributed by atoms with van der Waals surface area (Å²) < 4.78 is 13.4. The van der Waals surface area contributed by atoms with E-state index >= 15 is 0 Å². The number of benzene rings is 3. The zero-order chi connectivity index (χ0) is 29.8. The molecule has 3 aromatic rings. The van der Waals surface area contributed by atoms with Crippen LogP contribution in [0.4, 0.5) is 5.69 Å². The molecule has 3 rings (SSSR count). The van der Waals surface area contributed by atoms with Gasteiger partial charge < -0.3 is 20.4 Å². The minimum atomic E-state index is -3.87. The van der Waals surface area contributed by atoms with Gasteiger partial charge in [0.25, 0.3) is 11.8 Å². The lowest BCUT2D eigenvalue weighted by Gasteiger charge is -2.24. The average molecular weight is 578 g/mol. The van der Waals surface area contributed by atoms with Crippen molar-refractivity contribution < 1.29 is 23.8 Å². The van der Waals surface area contributed by atoms with Crippen LogP contribution in [0.3, 0.4) is 0 Å². The number of nitrogens with one attached hydrogen (secondary N) is 2. The molecule has 0 saturated carbocycles. The van der Waals surface area contributed by atoms with Gasteiger partial charge in [0.1, 0.15) is 0 Å². The van der Waals surface area contributed by atoms with Gasteiger partial charge in [-0.1, -0.05) is 75.4 Å². The van der Waals surface area contributed by atoms with E-state index in [1.54, 1.807) is 84.6 Å². The zero-order valence-electron chi connectivity index (χ0n) is 24.0. The van der Waals surface area contributed by atoms with Crippen molar-refractivity contribution in [3.63, 3.8) is 0 Å². The molecule has 3 atom stereocenters. The van der Waals surface area contributed by atoms with Crippen molar-refractivity contribution in [1.82, 2.24) is 10.2 Å². The first-order valence-corrected chi connectivity index (χ1v) is 16.1. The van der Waals surface area contributed by atoms with Gasteiger partial charge in [0.2, 0.25) is 13.3 Å². The zero-order valence-corrected chi connectivity index (χ0v) is 24.8. The van der Waals surface area contributed by atoms with Crippen LogP contribution in [0.1, 0.15) is 65.9 Å². The van der Waals surface area contributed by atoms with Crippen molar-refractivity contribution in [2.24, 2.45) is 5.92 Å². The van der Waals surface area contributed by atoms with Gasteiger partial charge in [0.05, 0.1) is 6.04 Å². The normalized spacial score (nSPS) is 13.9. The lowest BCUT2D eigenvalue weighted by molar-refractivity contribution is -0.118. The summed E-state index contributed by atoms with van der Waals surface area (Å²) in [6.45, 7) is 6.90. The summed E-state index contributed by atoms with van der Waals surface area (Å²) >= 11 is 0. The van der Waals surface area contributed by atoms with Crippen LogP contribution in [0.5, 0.6) is 0 Å². The van der Waals surface area contributed by atoms with Gasteiger partial charge in [-0.3, -0.25) is 18.9 Å². The molecule has 0 bridgehead atoms. The molecule has 3 aromatic carbocycles. The molecule has 3 amide bonds. The van der Waals surface area contributed by atoms with Gasteiger partial charge in [-0.05, 0) is 48.7 Å². The van der Waals surface area contributed by atoms with E-state index in [0.717, 1.165) is 12.8 Å². The van der Waals surface area contributed by atoms with Crippen molar-refractivity contribution in [1.29, 1.82) is 0 Å². The maximum atomic E-state index is 13.4.